The third-order valence-corrected chi connectivity index (χ3v) is 4.64. The molecule has 62 valence electrons. The van der Waals surface area contributed by atoms with Crippen molar-refractivity contribution in [1.29, 1.82) is 0 Å². The maximum Gasteiger partial charge on any atom is 0.0953 e. The highest BCUT2D eigenvalue weighted by Gasteiger charge is 2.72. The molecule has 0 N–H and O–H groups in total. The smallest absolute Gasteiger partial charge is 0.0953 e. The first-order valence-electron chi connectivity index (χ1n) is 4.73. The molecule has 4 aliphatic rings. The summed E-state index contributed by atoms with van der Waals surface area (Å²) in [4.78, 5) is 0. The van der Waals surface area contributed by atoms with E-state index in [0.717, 1.165) is 11.8 Å². The maximum absolute atomic E-state index is 5.75. The molecule has 0 aromatic rings. The van der Waals surface area contributed by atoms with E-state index in [1.54, 1.807) is 0 Å². The molecule has 4 fully saturated rings. The van der Waals surface area contributed by atoms with Crippen molar-refractivity contribution in [3.63, 3.8) is 0 Å². The predicted molar refractivity (Wildman–Crippen MR) is 43.3 cm³/mol. The highest BCUT2D eigenvalue weighted by Crippen LogP contribution is 2.70. The van der Waals surface area contributed by atoms with E-state index in [1.807, 2.05) is 0 Å². The molecule has 1 heteroatoms. The molecule has 2 bridgehead atoms. The molecule has 0 spiro atoms. The van der Waals surface area contributed by atoms with Crippen LogP contribution >= 0.6 is 0 Å². The van der Waals surface area contributed by atoms with Crippen LogP contribution in [0.4, 0.5) is 0 Å². The summed E-state index contributed by atoms with van der Waals surface area (Å²) < 4.78 is 5.75. The van der Waals surface area contributed by atoms with Crippen LogP contribution in [0.2, 0.25) is 0 Å². The third-order valence-electron chi connectivity index (χ3n) is 4.64. The van der Waals surface area contributed by atoms with Crippen LogP contribution < -0.4 is 0 Å². The van der Waals surface area contributed by atoms with Crippen molar-refractivity contribution in [2.75, 3.05) is 0 Å². The molecular weight excluding hydrogens is 136 g/mol. The lowest BCUT2D eigenvalue weighted by Crippen LogP contribution is -2.56. The van der Waals surface area contributed by atoms with Crippen LogP contribution in [0.1, 0.15) is 33.6 Å². The second kappa shape index (κ2) is 1.39. The second-order valence-corrected chi connectivity index (χ2v) is 5.33. The number of hydrogen-bond donors (Lipinski definition) is 0. The molecule has 0 unspecified atom stereocenters. The van der Waals surface area contributed by atoms with Gasteiger partial charge in [0.25, 0.3) is 0 Å². The van der Waals surface area contributed by atoms with Crippen LogP contribution in [-0.4, -0.2) is 11.7 Å². The van der Waals surface area contributed by atoms with Gasteiger partial charge in [0, 0.05) is 0 Å². The molecular formula is C10H16O. The lowest BCUT2D eigenvalue weighted by atomic mass is 9.46. The topological polar surface area (TPSA) is 12.5 Å². The predicted octanol–water partition coefficient (Wildman–Crippen LogP) is 2.21. The Morgan fingerprint density at radius 2 is 1.91 bits per heavy atom. The minimum Gasteiger partial charge on any atom is -0.366 e. The van der Waals surface area contributed by atoms with Gasteiger partial charge in [-0.3, -0.25) is 0 Å². The van der Waals surface area contributed by atoms with Gasteiger partial charge in [0.1, 0.15) is 0 Å². The Morgan fingerprint density at radius 3 is 2.36 bits per heavy atom. The molecule has 3 saturated carbocycles. The molecule has 0 amide bonds. The zero-order chi connectivity index (χ0) is 7.85. The average molecular weight is 152 g/mol. The van der Waals surface area contributed by atoms with Crippen molar-refractivity contribution < 1.29 is 4.74 Å². The van der Waals surface area contributed by atoms with Gasteiger partial charge in [0.05, 0.1) is 11.7 Å². The van der Waals surface area contributed by atoms with E-state index in [4.69, 9.17) is 4.74 Å². The summed E-state index contributed by atoms with van der Waals surface area (Å²) in [7, 11) is 0. The van der Waals surface area contributed by atoms with Crippen LogP contribution in [0.25, 0.3) is 0 Å². The van der Waals surface area contributed by atoms with E-state index in [0.29, 0.717) is 17.1 Å². The number of ether oxygens (including phenoxy) is 1. The first-order chi connectivity index (χ1) is 5.05. The van der Waals surface area contributed by atoms with E-state index < -0.39 is 0 Å². The monoisotopic (exact) mass is 152 g/mol. The molecule has 0 aromatic heterocycles. The molecule has 1 nitrogen and oxygen atoms in total. The summed E-state index contributed by atoms with van der Waals surface area (Å²) in [5, 5.41) is 0. The first kappa shape index (κ1) is 6.47. The quantitative estimate of drug-likeness (QED) is 0.485. The lowest BCUT2D eigenvalue weighted by Gasteiger charge is -2.57. The highest BCUT2D eigenvalue weighted by atomic mass is 16.6. The second-order valence-electron chi connectivity index (χ2n) is 5.33. The molecule has 0 aromatic carbocycles. The van der Waals surface area contributed by atoms with Gasteiger partial charge in [0.2, 0.25) is 0 Å². The molecule has 4 rings (SSSR count). The highest BCUT2D eigenvalue weighted by molar-refractivity contribution is 5.20. The summed E-state index contributed by atoms with van der Waals surface area (Å²) in [6, 6.07) is 0. The van der Waals surface area contributed by atoms with Crippen LogP contribution in [0.15, 0.2) is 0 Å². The first-order valence-corrected chi connectivity index (χ1v) is 4.73. The number of hydrogen-bond acceptors (Lipinski definition) is 1. The zero-order valence-corrected chi connectivity index (χ0v) is 7.55. The van der Waals surface area contributed by atoms with Crippen molar-refractivity contribution in [2.45, 2.75) is 45.3 Å². The van der Waals surface area contributed by atoms with Crippen LogP contribution in [-0.2, 0) is 4.74 Å². The largest absolute Gasteiger partial charge is 0.366 e. The number of rotatable bonds is 0. The lowest BCUT2D eigenvalue weighted by molar-refractivity contribution is -0.0789. The Kier molecular flexibility index (Phi) is 0.820. The van der Waals surface area contributed by atoms with E-state index in [9.17, 15) is 0 Å². The molecule has 11 heavy (non-hydrogen) atoms. The third kappa shape index (κ3) is 0.516. The molecule has 3 aliphatic carbocycles. The molecule has 1 heterocycles. The van der Waals surface area contributed by atoms with Gasteiger partial charge in [-0.15, -0.1) is 0 Å². The minimum absolute atomic E-state index is 0.304. The molecule has 1 saturated heterocycles. The summed E-state index contributed by atoms with van der Waals surface area (Å²) in [6.45, 7) is 7.13. The SMILES string of the molecule is CC1(C)[C@@H]2C[C@@H]3O[C@@]3(C)[C@H]1C2. The summed E-state index contributed by atoms with van der Waals surface area (Å²) >= 11 is 0. The molecule has 1 aliphatic heterocycles. The van der Waals surface area contributed by atoms with Gasteiger partial charge in [-0.1, -0.05) is 13.8 Å². The van der Waals surface area contributed by atoms with Crippen LogP contribution in [0, 0.1) is 17.3 Å². The Balaban J connectivity index is 1.98. The van der Waals surface area contributed by atoms with E-state index in [-0.39, 0.29) is 0 Å². The fourth-order valence-corrected chi connectivity index (χ4v) is 3.51. The Labute approximate surface area is 68.1 Å². The Hall–Kier alpha value is -0.0400. The van der Waals surface area contributed by atoms with Crippen molar-refractivity contribution in [3.8, 4) is 0 Å². The zero-order valence-electron chi connectivity index (χ0n) is 7.55. The normalized spacial score (nSPS) is 63.0. The van der Waals surface area contributed by atoms with Crippen LogP contribution in [0.3, 0.4) is 0 Å². The Bertz CT molecular complexity index is 216. The summed E-state index contributed by atoms with van der Waals surface area (Å²) in [5.74, 6) is 1.83. The van der Waals surface area contributed by atoms with Crippen LogP contribution in [0.5, 0.6) is 0 Å². The number of epoxide rings is 1. The van der Waals surface area contributed by atoms with Crippen molar-refractivity contribution >= 4 is 0 Å². The van der Waals surface area contributed by atoms with Gasteiger partial charge in [-0.25, -0.2) is 0 Å². The van der Waals surface area contributed by atoms with E-state index >= 15 is 0 Å². The van der Waals surface area contributed by atoms with E-state index in [2.05, 4.69) is 20.8 Å². The van der Waals surface area contributed by atoms with Gasteiger partial charge in [-0.05, 0) is 37.0 Å². The van der Waals surface area contributed by atoms with Gasteiger partial charge in [0.15, 0.2) is 0 Å². The Morgan fingerprint density at radius 1 is 1.18 bits per heavy atom. The van der Waals surface area contributed by atoms with Crippen molar-refractivity contribution in [1.82, 2.24) is 0 Å². The maximum atomic E-state index is 5.75. The standard InChI is InChI=1S/C10H16O/c1-9(2)6-4-7(9)10(3)8(5-6)11-10/h6-8H,4-5H2,1-3H3/t6-,7-,8-,10-/m0/s1. The van der Waals surface area contributed by atoms with Crippen molar-refractivity contribution in [3.05, 3.63) is 0 Å². The van der Waals surface area contributed by atoms with Gasteiger partial charge < -0.3 is 4.74 Å². The van der Waals surface area contributed by atoms with E-state index in [1.165, 1.54) is 12.8 Å². The fraction of sp³-hybridized carbons (Fsp3) is 1.00. The molecule has 0 radical (unpaired) electrons. The van der Waals surface area contributed by atoms with Crippen molar-refractivity contribution in [2.24, 2.45) is 17.3 Å². The fourth-order valence-electron chi connectivity index (χ4n) is 3.51. The summed E-state index contributed by atoms with van der Waals surface area (Å²) in [6.07, 6.45) is 3.40. The summed E-state index contributed by atoms with van der Waals surface area (Å²) in [5.41, 5.74) is 0.889. The van der Waals surface area contributed by atoms with Gasteiger partial charge >= 0.3 is 0 Å². The molecule has 4 atom stereocenters. The van der Waals surface area contributed by atoms with Gasteiger partial charge in [-0.2, -0.15) is 0 Å². The minimum atomic E-state index is 0.304. The average Bonchev–Trinajstić information content (AvgIpc) is 2.58.